The molecule has 29 heavy (non-hydrogen) atoms. The normalized spacial score (nSPS) is 11.7. The standard InChI is InChI=1S/C21H21N3O4S/c1-14(16-6-4-8-19(10-16)24(26)27)23(3)21(25)17-7-5-9-20(11-17)28-12-18-13-29-15(2)22-18/h4-11,13-14H,12H2,1-3H3/t14-/m0/s1. The van der Waals surface area contributed by atoms with Crippen LogP contribution in [-0.2, 0) is 6.61 Å². The number of non-ortho nitro benzene ring substituents is 1. The van der Waals surface area contributed by atoms with E-state index in [1.54, 1.807) is 59.7 Å². The van der Waals surface area contributed by atoms with E-state index in [-0.39, 0.29) is 17.6 Å². The van der Waals surface area contributed by atoms with E-state index in [2.05, 4.69) is 4.98 Å². The van der Waals surface area contributed by atoms with Crippen molar-refractivity contribution in [2.45, 2.75) is 26.5 Å². The number of nitrogens with zero attached hydrogens (tertiary/aromatic N) is 3. The number of thiazole rings is 1. The van der Waals surface area contributed by atoms with Gasteiger partial charge in [-0.1, -0.05) is 18.2 Å². The predicted molar refractivity (Wildman–Crippen MR) is 111 cm³/mol. The zero-order chi connectivity index (χ0) is 21.0. The van der Waals surface area contributed by atoms with Gasteiger partial charge in [0.15, 0.2) is 0 Å². The third-order valence-electron chi connectivity index (χ3n) is 4.60. The van der Waals surface area contributed by atoms with Crippen molar-refractivity contribution in [1.29, 1.82) is 0 Å². The van der Waals surface area contributed by atoms with Gasteiger partial charge in [0.2, 0.25) is 0 Å². The Bertz CT molecular complexity index is 1030. The molecular weight excluding hydrogens is 390 g/mol. The summed E-state index contributed by atoms with van der Waals surface area (Å²) in [5.74, 6) is 0.386. The average Bonchev–Trinajstić information content (AvgIpc) is 3.16. The molecule has 0 saturated carbocycles. The Morgan fingerprint density at radius 3 is 2.72 bits per heavy atom. The summed E-state index contributed by atoms with van der Waals surface area (Å²) in [6, 6.07) is 13.0. The van der Waals surface area contributed by atoms with Gasteiger partial charge in [-0.15, -0.1) is 11.3 Å². The summed E-state index contributed by atoms with van der Waals surface area (Å²) < 4.78 is 5.76. The van der Waals surface area contributed by atoms with Crippen LogP contribution >= 0.6 is 11.3 Å². The second-order valence-corrected chi connectivity index (χ2v) is 7.68. The molecule has 0 spiro atoms. The molecule has 0 aliphatic heterocycles. The lowest BCUT2D eigenvalue weighted by Gasteiger charge is -2.25. The maximum absolute atomic E-state index is 12.9. The SMILES string of the molecule is Cc1nc(COc2cccc(C(=O)N(C)[C@@H](C)c3cccc([N+](=O)[O-])c3)c2)cs1. The number of nitro benzene ring substituents is 1. The van der Waals surface area contributed by atoms with Crippen LogP contribution in [-0.4, -0.2) is 27.8 Å². The molecule has 1 aromatic heterocycles. The quantitative estimate of drug-likeness (QED) is 0.413. The topological polar surface area (TPSA) is 85.6 Å². The van der Waals surface area contributed by atoms with Crippen LogP contribution in [0.2, 0.25) is 0 Å². The Morgan fingerprint density at radius 2 is 2.03 bits per heavy atom. The summed E-state index contributed by atoms with van der Waals surface area (Å²) in [7, 11) is 1.68. The van der Waals surface area contributed by atoms with Gasteiger partial charge in [0.1, 0.15) is 12.4 Å². The maximum Gasteiger partial charge on any atom is 0.269 e. The Kier molecular flexibility index (Phi) is 6.23. The predicted octanol–water partition coefficient (Wildman–Crippen LogP) is 4.77. The fourth-order valence-corrected chi connectivity index (χ4v) is 3.45. The van der Waals surface area contributed by atoms with Crippen LogP contribution in [0.3, 0.4) is 0 Å². The van der Waals surface area contributed by atoms with Crippen molar-refractivity contribution in [3.63, 3.8) is 0 Å². The second kappa shape index (κ2) is 8.83. The van der Waals surface area contributed by atoms with E-state index in [0.717, 1.165) is 10.7 Å². The third-order valence-corrected chi connectivity index (χ3v) is 5.42. The number of hydrogen-bond donors (Lipinski definition) is 0. The van der Waals surface area contributed by atoms with E-state index in [4.69, 9.17) is 4.74 Å². The molecule has 1 atom stereocenters. The molecule has 0 aliphatic rings. The number of amides is 1. The molecule has 0 N–H and O–H groups in total. The van der Waals surface area contributed by atoms with Crippen LogP contribution in [0.4, 0.5) is 5.69 Å². The minimum Gasteiger partial charge on any atom is -0.487 e. The lowest BCUT2D eigenvalue weighted by molar-refractivity contribution is -0.384. The largest absolute Gasteiger partial charge is 0.487 e. The van der Waals surface area contributed by atoms with Gasteiger partial charge in [0, 0.05) is 30.1 Å². The van der Waals surface area contributed by atoms with Crippen LogP contribution in [0.5, 0.6) is 5.75 Å². The summed E-state index contributed by atoms with van der Waals surface area (Å²) in [6.45, 7) is 4.11. The van der Waals surface area contributed by atoms with Gasteiger partial charge in [-0.2, -0.15) is 0 Å². The van der Waals surface area contributed by atoms with Crippen molar-refractivity contribution in [2.75, 3.05) is 7.05 Å². The number of hydrogen-bond acceptors (Lipinski definition) is 6. The lowest BCUT2D eigenvalue weighted by atomic mass is 10.1. The number of rotatable bonds is 7. The monoisotopic (exact) mass is 411 g/mol. The van der Waals surface area contributed by atoms with Gasteiger partial charge < -0.3 is 9.64 Å². The van der Waals surface area contributed by atoms with Crippen LogP contribution in [0.1, 0.15) is 39.6 Å². The highest BCUT2D eigenvalue weighted by atomic mass is 32.1. The number of carbonyl (C=O) groups excluding carboxylic acids is 1. The van der Waals surface area contributed by atoms with E-state index in [1.807, 2.05) is 19.2 Å². The first-order chi connectivity index (χ1) is 13.8. The molecule has 7 nitrogen and oxygen atoms in total. The van der Waals surface area contributed by atoms with Crippen molar-refractivity contribution < 1.29 is 14.5 Å². The molecule has 1 amide bonds. The molecule has 0 aliphatic carbocycles. The van der Waals surface area contributed by atoms with Crippen LogP contribution < -0.4 is 4.74 Å². The van der Waals surface area contributed by atoms with Crippen molar-refractivity contribution >= 4 is 22.9 Å². The molecule has 3 aromatic rings. The number of aromatic nitrogens is 1. The maximum atomic E-state index is 12.9. The fraction of sp³-hybridized carbons (Fsp3) is 0.238. The van der Waals surface area contributed by atoms with Gasteiger partial charge in [-0.25, -0.2) is 4.98 Å². The van der Waals surface area contributed by atoms with Gasteiger partial charge in [-0.05, 0) is 37.6 Å². The molecule has 0 unspecified atom stereocenters. The summed E-state index contributed by atoms with van der Waals surface area (Å²) in [6.07, 6.45) is 0. The third kappa shape index (κ3) is 4.97. The highest BCUT2D eigenvalue weighted by Crippen LogP contribution is 2.25. The van der Waals surface area contributed by atoms with Crippen molar-refractivity contribution in [3.8, 4) is 5.75 Å². The first kappa shape index (κ1) is 20.5. The highest BCUT2D eigenvalue weighted by Gasteiger charge is 2.21. The zero-order valence-corrected chi connectivity index (χ0v) is 17.2. The molecule has 1 heterocycles. The summed E-state index contributed by atoms with van der Waals surface area (Å²) in [5, 5.41) is 13.9. The Balaban J connectivity index is 1.72. The number of benzene rings is 2. The number of aryl methyl sites for hydroxylation is 1. The molecule has 150 valence electrons. The number of carbonyl (C=O) groups is 1. The first-order valence-corrected chi connectivity index (χ1v) is 9.88. The first-order valence-electron chi connectivity index (χ1n) is 9.00. The van der Waals surface area contributed by atoms with E-state index >= 15 is 0 Å². The molecule has 2 aromatic carbocycles. The molecule has 0 radical (unpaired) electrons. The molecule has 0 saturated heterocycles. The fourth-order valence-electron chi connectivity index (χ4n) is 2.85. The summed E-state index contributed by atoms with van der Waals surface area (Å²) >= 11 is 1.56. The van der Waals surface area contributed by atoms with Gasteiger partial charge in [0.25, 0.3) is 11.6 Å². The van der Waals surface area contributed by atoms with Gasteiger partial charge in [0.05, 0.1) is 21.7 Å². The smallest absolute Gasteiger partial charge is 0.269 e. The van der Waals surface area contributed by atoms with E-state index in [1.165, 1.54) is 12.1 Å². The molecule has 8 heteroatoms. The van der Waals surface area contributed by atoms with E-state index in [0.29, 0.717) is 23.5 Å². The summed E-state index contributed by atoms with van der Waals surface area (Å²) in [5.41, 5.74) is 2.03. The Morgan fingerprint density at radius 1 is 1.28 bits per heavy atom. The van der Waals surface area contributed by atoms with Crippen molar-refractivity contribution in [2.24, 2.45) is 0 Å². The van der Waals surface area contributed by atoms with Crippen molar-refractivity contribution in [3.05, 3.63) is 85.9 Å². The minimum absolute atomic E-state index is 0.00266. The van der Waals surface area contributed by atoms with E-state index < -0.39 is 4.92 Å². The zero-order valence-electron chi connectivity index (χ0n) is 16.4. The molecule has 3 rings (SSSR count). The number of nitro groups is 1. The van der Waals surface area contributed by atoms with Gasteiger partial charge >= 0.3 is 0 Å². The molecule has 0 bridgehead atoms. The molecular formula is C21H21N3O4S. The average molecular weight is 411 g/mol. The van der Waals surface area contributed by atoms with Gasteiger partial charge in [-0.3, -0.25) is 14.9 Å². The minimum atomic E-state index is -0.442. The lowest BCUT2D eigenvalue weighted by Crippen LogP contribution is -2.29. The van der Waals surface area contributed by atoms with E-state index in [9.17, 15) is 14.9 Å². The Hall–Kier alpha value is -3.26. The highest BCUT2D eigenvalue weighted by molar-refractivity contribution is 7.09. The molecule has 0 fully saturated rings. The summed E-state index contributed by atoms with van der Waals surface area (Å²) in [4.78, 5) is 29.4. The van der Waals surface area contributed by atoms with Crippen LogP contribution in [0.25, 0.3) is 0 Å². The van der Waals surface area contributed by atoms with Crippen LogP contribution in [0, 0.1) is 17.0 Å². The van der Waals surface area contributed by atoms with Crippen molar-refractivity contribution in [1.82, 2.24) is 9.88 Å². The van der Waals surface area contributed by atoms with Crippen LogP contribution in [0.15, 0.2) is 53.9 Å². The number of ether oxygens (including phenoxy) is 1. The second-order valence-electron chi connectivity index (χ2n) is 6.62. The Labute approximate surface area is 172 Å².